The molecule has 1 heterocycles. The van der Waals surface area contributed by atoms with Crippen molar-refractivity contribution in [2.75, 3.05) is 0 Å². The summed E-state index contributed by atoms with van der Waals surface area (Å²) in [5.74, 6) is -1.57. The minimum absolute atomic E-state index is 0.0983. The molecule has 0 radical (unpaired) electrons. The van der Waals surface area contributed by atoms with Crippen molar-refractivity contribution in [1.82, 2.24) is 10.3 Å². The molecule has 0 fully saturated rings. The lowest BCUT2D eigenvalue weighted by atomic mass is 10.1. The number of hydrogen-bond donors (Lipinski definition) is 2. The maximum Gasteiger partial charge on any atom is 0.326 e. The molecule has 2 aromatic carbocycles. The van der Waals surface area contributed by atoms with Crippen molar-refractivity contribution in [3.63, 3.8) is 0 Å². The molecule has 1 aromatic heterocycles. The van der Waals surface area contributed by atoms with Crippen LogP contribution in [0.4, 0.5) is 0 Å². The minimum atomic E-state index is -1.11. The third-order valence-electron chi connectivity index (χ3n) is 3.80. The number of aromatic nitrogens is 1. The van der Waals surface area contributed by atoms with E-state index in [1.54, 1.807) is 24.3 Å². The number of carboxylic acid groups (broad SMARTS) is 1. The van der Waals surface area contributed by atoms with Gasteiger partial charge in [0, 0.05) is 32.0 Å². The first-order valence-electron chi connectivity index (χ1n) is 7.77. The maximum atomic E-state index is 12.4. The second-order valence-electron chi connectivity index (χ2n) is 5.72. The average Bonchev–Trinajstić information content (AvgIpc) is 2.60. The fraction of sp³-hybridized carbons (Fsp3) is 0.105. The number of aliphatic carboxylic acids is 1. The number of carboxylic acids is 1. The van der Waals surface area contributed by atoms with Crippen molar-refractivity contribution in [1.29, 1.82) is 0 Å². The van der Waals surface area contributed by atoms with E-state index in [-0.39, 0.29) is 6.42 Å². The number of hydrogen-bond acceptors (Lipinski definition) is 3. The normalized spacial score (nSPS) is 11.9. The van der Waals surface area contributed by atoms with E-state index in [0.29, 0.717) is 11.3 Å². The fourth-order valence-corrected chi connectivity index (χ4v) is 3.85. The number of halogens is 2. The van der Waals surface area contributed by atoms with E-state index in [4.69, 9.17) is 0 Å². The van der Waals surface area contributed by atoms with Gasteiger partial charge in [-0.25, -0.2) is 4.79 Å². The predicted octanol–water partition coefficient (Wildman–Crippen LogP) is 4.19. The zero-order valence-corrected chi connectivity index (χ0v) is 16.6. The van der Waals surface area contributed by atoms with Gasteiger partial charge in [-0.05, 0) is 30.3 Å². The molecule has 0 unspecified atom stereocenters. The highest BCUT2D eigenvalue weighted by Gasteiger charge is 2.22. The Morgan fingerprint density at radius 3 is 2.42 bits per heavy atom. The van der Waals surface area contributed by atoms with E-state index < -0.39 is 17.9 Å². The van der Waals surface area contributed by atoms with Gasteiger partial charge in [0.2, 0.25) is 0 Å². The number of carbonyl (C=O) groups is 2. The summed E-state index contributed by atoms with van der Waals surface area (Å²) in [5.41, 5.74) is 1.76. The Morgan fingerprint density at radius 2 is 1.73 bits per heavy atom. The molecule has 0 bridgehead atoms. The number of pyridine rings is 1. The molecular formula is C19H14Br2N2O3. The number of rotatable bonds is 5. The van der Waals surface area contributed by atoms with Crippen LogP contribution in [0.3, 0.4) is 0 Å². The molecule has 3 rings (SSSR count). The van der Waals surface area contributed by atoms with Crippen LogP contribution in [0, 0.1) is 0 Å². The zero-order chi connectivity index (χ0) is 18.7. The van der Waals surface area contributed by atoms with Crippen LogP contribution in [0.2, 0.25) is 0 Å². The van der Waals surface area contributed by atoms with E-state index in [0.717, 1.165) is 19.8 Å². The van der Waals surface area contributed by atoms with E-state index >= 15 is 0 Å². The second kappa shape index (κ2) is 7.97. The Kier molecular flexibility index (Phi) is 5.68. The van der Waals surface area contributed by atoms with Gasteiger partial charge in [-0.2, -0.15) is 0 Å². The first kappa shape index (κ1) is 18.5. The number of benzene rings is 2. The van der Waals surface area contributed by atoms with Gasteiger partial charge in [0.05, 0.1) is 5.52 Å². The molecule has 0 saturated carbocycles. The Morgan fingerprint density at radius 1 is 1.04 bits per heavy atom. The van der Waals surface area contributed by atoms with Gasteiger partial charge in [-0.15, -0.1) is 0 Å². The quantitative estimate of drug-likeness (QED) is 0.577. The number of amides is 1. The van der Waals surface area contributed by atoms with Gasteiger partial charge in [0.1, 0.15) is 6.04 Å². The Balaban J connectivity index is 1.80. The summed E-state index contributed by atoms with van der Waals surface area (Å²) in [6.45, 7) is 0. The highest BCUT2D eigenvalue weighted by Crippen LogP contribution is 2.20. The number of nitrogens with one attached hydrogen (secondary N) is 1. The molecule has 1 amide bonds. The molecule has 0 aliphatic rings. The third kappa shape index (κ3) is 4.47. The fourth-order valence-electron chi connectivity index (χ4n) is 2.56. The lowest BCUT2D eigenvalue weighted by Gasteiger charge is -2.15. The summed E-state index contributed by atoms with van der Waals surface area (Å²) in [6, 6.07) is 15.3. The van der Waals surface area contributed by atoms with Crippen molar-refractivity contribution < 1.29 is 14.7 Å². The molecule has 0 aliphatic carbocycles. The third-order valence-corrected chi connectivity index (χ3v) is 4.71. The second-order valence-corrected chi connectivity index (χ2v) is 7.55. The van der Waals surface area contributed by atoms with Gasteiger partial charge in [-0.3, -0.25) is 9.78 Å². The SMILES string of the molecule is O=C(N[C@@H](Cc1ccc2ccccc2n1)C(=O)O)c1cc(Br)cc(Br)c1. The van der Waals surface area contributed by atoms with Gasteiger partial charge < -0.3 is 10.4 Å². The van der Waals surface area contributed by atoms with E-state index in [9.17, 15) is 14.7 Å². The van der Waals surface area contributed by atoms with Crippen LogP contribution in [0.15, 0.2) is 63.5 Å². The molecule has 0 spiro atoms. The lowest BCUT2D eigenvalue weighted by Crippen LogP contribution is -2.42. The first-order chi connectivity index (χ1) is 12.4. The Bertz CT molecular complexity index is 971. The molecule has 0 saturated heterocycles. The summed E-state index contributed by atoms with van der Waals surface area (Å²) < 4.78 is 1.44. The first-order valence-corrected chi connectivity index (χ1v) is 9.35. The van der Waals surface area contributed by atoms with Crippen LogP contribution in [-0.2, 0) is 11.2 Å². The highest BCUT2D eigenvalue weighted by molar-refractivity contribution is 9.11. The molecule has 132 valence electrons. The molecule has 1 atom stereocenters. The average molecular weight is 478 g/mol. The van der Waals surface area contributed by atoms with Crippen LogP contribution in [0.1, 0.15) is 16.1 Å². The Hall–Kier alpha value is -2.25. The van der Waals surface area contributed by atoms with Crippen molar-refractivity contribution in [2.24, 2.45) is 0 Å². The number of para-hydroxylation sites is 1. The van der Waals surface area contributed by atoms with Gasteiger partial charge in [0.15, 0.2) is 0 Å². The van der Waals surface area contributed by atoms with Crippen LogP contribution < -0.4 is 5.32 Å². The van der Waals surface area contributed by atoms with Crippen molar-refractivity contribution >= 4 is 54.6 Å². The number of fused-ring (bicyclic) bond motifs is 1. The molecule has 3 aromatic rings. The lowest BCUT2D eigenvalue weighted by molar-refractivity contribution is -0.139. The minimum Gasteiger partial charge on any atom is -0.480 e. The van der Waals surface area contributed by atoms with E-state index in [1.165, 1.54) is 0 Å². The molecule has 5 nitrogen and oxygen atoms in total. The summed E-state index contributed by atoms with van der Waals surface area (Å²) >= 11 is 6.63. The van der Waals surface area contributed by atoms with E-state index in [2.05, 4.69) is 42.2 Å². The molecular weight excluding hydrogens is 464 g/mol. The monoisotopic (exact) mass is 476 g/mol. The Labute approximate surface area is 166 Å². The largest absolute Gasteiger partial charge is 0.480 e. The van der Waals surface area contributed by atoms with Crippen molar-refractivity contribution in [2.45, 2.75) is 12.5 Å². The van der Waals surface area contributed by atoms with Gasteiger partial charge in [-0.1, -0.05) is 56.1 Å². The number of nitrogens with zero attached hydrogens (tertiary/aromatic N) is 1. The van der Waals surface area contributed by atoms with Crippen LogP contribution >= 0.6 is 31.9 Å². The van der Waals surface area contributed by atoms with Crippen molar-refractivity contribution in [3.8, 4) is 0 Å². The topological polar surface area (TPSA) is 79.3 Å². The van der Waals surface area contributed by atoms with Crippen LogP contribution in [-0.4, -0.2) is 28.0 Å². The number of carbonyl (C=O) groups excluding carboxylic acids is 1. The molecule has 0 aliphatic heterocycles. The highest BCUT2D eigenvalue weighted by atomic mass is 79.9. The predicted molar refractivity (Wildman–Crippen MR) is 106 cm³/mol. The van der Waals surface area contributed by atoms with Crippen LogP contribution in [0.5, 0.6) is 0 Å². The molecule has 26 heavy (non-hydrogen) atoms. The summed E-state index contributed by atoms with van der Waals surface area (Å²) in [5, 5.41) is 13.0. The summed E-state index contributed by atoms with van der Waals surface area (Å²) in [6.07, 6.45) is 0.0983. The van der Waals surface area contributed by atoms with Crippen LogP contribution in [0.25, 0.3) is 10.9 Å². The van der Waals surface area contributed by atoms with Crippen molar-refractivity contribution in [3.05, 3.63) is 74.8 Å². The maximum absolute atomic E-state index is 12.4. The van der Waals surface area contributed by atoms with Gasteiger partial charge in [0.25, 0.3) is 5.91 Å². The smallest absolute Gasteiger partial charge is 0.326 e. The van der Waals surface area contributed by atoms with E-state index in [1.807, 2.05) is 30.3 Å². The molecule has 2 N–H and O–H groups in total. The summed E-state index contributed by atoms with van der Waals surface area (Å²) in [7, 11) is 0. The zero-order valence-electron chi connectivity index (χ0n) is 13.4. The molecule has 7 heteroatoms. The van der Waals surface area contributed by atoms with Gasteiger partial charge >= 0.3 is 5.97 Å². The standard InChI is InChI=1S/C19H14Br2N2O3/c20-13-7-12(8-14(21)9-13)18(24)23-17(19(25)26)10-15-6-5-11-3-1-2-4-16(11)22-15/h1-9,17H,10H2,(H,23,24)(H,25,26)/t17-/m0/s1. The summed E-state index contributed by atoms with van der Waals surface area (Å²) in [4.78, 5) is 28.5.